The first-order valence-corrected chi connectivity index (χ1v) is 9.05. The van der Waals surface area contributed by atoms with Crippen molar-refractivity contribution in [2.45, 2.75) is 16.2 Å². The Balaban J connectivity index is 1.70. The summed E-state index contributed by atoms with van der Waals surface area (Å²) in [7, 11) is 0. The first-order valence-electron chi connectivity index (χ1n) is 8.17. The molecule has 1 aliphatic heterocycles. The zero-order valence-corrected chi connectivity index (χ0v) is 14.2. The van der Waals surface area contributed by atoms with Gasteiger partial charge in [0.25, 0.3) is 0 Å². The Kier molecular flexibility index (Phi) is 5.91. The molecular formula is C19H22N2O2S. The van der Waals surface area contributed by atoms with E-state index in [1.165, 1.54) is 0 Å². The molecule has 126 valence electrons. The lowest BCUT2D eigenvalue weighted by Gasteiger charge is -2.19. The van der Waals surface area contributed by atoms with Crippen LogP contribution in [-0.4, -0.2) is 36.8 Å². The van der Waals surface area contributed by atoms with E-state index >= 15 is 0 Å². The molecule has 2 aromatic rings. The highest BCUT2D eigenvalue weighted by atomic mass is 32.2. The lowest BCUT2D eigenvalue weighted by Crippen LogP contribution is -2.36. The van der Waals surface area contributed by atoms with Crippen molar-refractivity contribution in [3.8, 4) is 0 Å². The van der Waals surface area contributed by atoms with Crippen molar-refractivity contribution in [1.82, 2.24) is 10.6 Å². The van der Waals surface area contributed by atoms with Gasteiger partial charge in [0.1, 0.15) is 5.25 Å². The van der Waals surface area contributed by atoms with Crippen LogP contribution in [0.3, 0.4) is 0 Å². The molecule has 2 aromatic carbocycles. The third kappa shape index (κ3) is 4.38. The first-order chi connectivity index (χ1) is 11.7. The monoisotopic (exact) mass is 342 g/mol. The van der Waals surface area contributed by atoms with Gasteiger partial charge in [-0.05, 0) is 17.7 Å². The van der Waals surface area contributed by atoms with Crippen molar-refractivity contribution in [2.24, 2.45) is 5.92 Å². The van der Waals surface area contributed by atoms with E-state index in [4.69, 9.17) is 0 Å². The Bertz CT molecular complexity index is 651. The third-order valence-corrected chi connectivity index (χ3v) is 5.45. The summed E-state index contributed by atoms with van der Waals surface area (Å²) in [6, 6.07) is 19.8. The molecule has 1 saturated heterocycles. The zero-order valence-electron chi connectivity index (χ0n) is 13.4. The number of carbonyl (C=O) groups excluding carboxylic acids is 1. The standard InChI is InChI=1S/C19H22N2O2S/c22-17-13-20-11-15(17)12-21-19(23)18(14-7-3-1-4-8-14)24-16-9-5-2-6-10-16/h1-10,15,17-18,20,22H,11-13H2,(H,21,23). The van der Waals surface area contributed by atoms with Crippen LogP contribution in [-0.2, 0) is 4.79 Å². The average molecular weight is 342 g/mol. The Labute approximate surface area is 146 Å². The lowest BCUT2D eigenvalue weighted by molar-refractivity contribution is -0.120. The first kappa shape index (κ1) is 17.0. The number of thioether (sulfide) groups is 1. The van der Waals surface area contributed by atoms with E-state index in [-0.39, 0.29) is 23.2 Å². The number of β-amino-alcohol motifs (C(OH)–C–C–N with tert-alkyl or cyclic N) is 1. The third-order valence-electron chi connectivity index (χ3n) is 4.18. The molecule has 0 saturated carbocycles. The summed E-state index contributed by atoms with van der Waals surface area (Å²) in [5, 5.41) is 15.7. The van der Waals surface area contributed by atoms with Crippen LogP contribution in [0.25, 0.3) is 0 Å². The van der Waals surface area contributed by atoms with Crippen molar-refractivity contribution in [1.29, 1.82) is 0 Å². The lowest BCUT2D eigenvalue weighted by atomic mass is 10.1. The number of hydrogen-bond donors (Lipinski definition) is 3. The van der Waals surface area contributed by atoms with Crippen LogP contribution in [0.5, 0.6) is 0 Å². The molecule has 0 spiro atoms. The van der Waals surface area contributed by atoms with Crippen LogP contribution in [0.2, 0.25) is 0 Å². The van der Waals surface area contributed by atoms with E-state index in [0.717, 1.165) is 17.0 Å². The second kappa shape index (κ2) is 8.33. The van der Waals surface area contributed by atoms with Crippen LogP contribution < -0.4 is 10.6 Å². The Morgan fingerprint density at radius 3 is 2.42 bits per heavy atom. The van der Waals surface area contributed by atoms with E-state index < -0.39 is 0 Å². The smallest absolute Gasteiger partial charge is 0.238 e. The molecule has 0 aliphatic carbocycles. The van der Waals surface area contributed by atoms with Crippen LogP contribution in [0.15, 0.2) is 65.6 Å². The van der Waals surface area contributed by atoms with Crippen molar-refractivity contribution >= 4 is 17.7 Å². The fourth-order valence-corrected chi connectivity index (χ4v) is 3.86. The number of rotatable bonds is 6. The summed E-state index contributed by atoms with van der Waals surface area (Å²) in [5.74, 6) is 0.0567. The van der Waals surface area contributed by atoms with E-state index in [2.05, 4.69) is 10.6 Å². The normalized spacial score (nSPS) is 21.4. The summed E-state index contributed by atoms with van der Waals surface area (Å²) < 4.78 is 0. The molecule has 3 rings (SSSR count). The van der Waals surface area contributed by atoms with Gasteiger partial charge in [0, 0.05) is 30.4 Å². The molecular weight excluding hydrogens is 320 g/mol. The van der Waals surface area contributed by atoms with Gasteiger partial charge in [-0.2, -0.15) is 0 Å². The number of carbonyl (C=O) groups is 1. The second-order valence-corrected chi connectivity index (χ2v) is 7.13. The predicted octanol–water partition coefficient (Wildman–Crippen LogP) is 2.22. The van der Waals surface area contributed by atoms with E-state index in [1.54, 1.807) is 11.8 Å². The largest absolute Gasteiger partial charge is 0.391 e. The van der Waals surface area contributed by atoms with Crippen molar-refractivity contribution in [3.63, 3.8) is 0 Å². The molecule has 0 aromatic heterocycles. The SMILES string of the molecule is O=C(NCC1CNCC1O)C(Sc1ccccc1)c1ccccc1. The van der Waals surface area contributed by atoms with Gasteiger partial charge in [0.2, 0.25) is 5.91 Å². The summed E-state index contributed by atoms with van der Waals surface area (Å²) in [4.78, 5) is 13.8. The number of nitrogens with one attached hydrogen (secondary N) is 2. The minimum atomic E-state index is -0.387. The van der Waals surface area contributed by atoms with Crippen molar-refractivity contribution in [3.05, 3.63) is 66.2 Å². The van der Waals surface area contributed by atoms with Crippen LogP contribution >= 0.6 is 11.8 Å². The van der Waals surface area contributed by atoms with Crippen LogP contribution in [0.4, 0.5) is 0 Å². The van der Waals surface area contributed by atoms with Crippen LogP contribution in [0.1, 0.15) is 10.8 Å². The highest BCUT2D eigenvalue weighted by Gasteiger charge is 2.27. The van der Waals surface area contributed by atoms with Gasteiger partial charge < -0.3 is 15.7 Å². The molecule has 0 bridgehead atoms. The van der Waals surface area contributed by atoms with Gasteiger partial charge in [0.05, 0.1) is 6.10 Å². The van der Waals surface area contributed by atoms with Gasteiger partial charge >= 0.3 is 0 Å². The molecule has 3 N–H and O–H groups in total. The molecule has 0 radical (unpaired) electrons. The van der Waals surface area contributed by atoms with Crippen molar-refractivity contribution < 1.29 is 9.90 Å². The maximum absolute atomic E-state index is 12.8. The fraction of sp³-hybridized carbons (Fsp3) is 0.316. The molecule has 3 atom stereocenters. The average Bonchev–Trinajstić information content (AvgIpc) is 3.04. The van der Waals surface area contributed by atoms with E-state index in [1.807, 2.05) is 60.7 Å². The molecule has 5 heteroatoms. The fourth-order valence-electron chi connectivity index (χ4n) is 2.79. The van der Waals surface area contributed by atoms with Crippen LogP contribution in [0, 0.1) is 5.92 Å². The highest BCUT2D eigenvalue weighted by molar-refractivity contribution is 8.00. The van der Waals surface area contributed by atoms with Gasteiger partial charge in [-0.25, -0.2) is 0 Å². The maximum atomic E-state index is 12.8. The molecule has 4 nitrogen and oxygen atoms in total. The number of amides is 1. The summed E-state index contributed by atoms with van der Waals surface area (Å²) >= 11 is 1.54. The maximum Gasteiger partial charge on any atom is 0.238 e. The minimum Gasteiger partial charge on any atom is -0.391 e. The van der Waals surface area contributed by atoms with Gasteiger partial charge in [0.15, 0.2) is 0 Å². The summed E-state index contributed by atoms with van der Waals surface area (Å²) in [6.45, 7) is 1.83. The quantitative estimate of drug-likeness (QED) is 0.705. The Hall–Kier alpha value is -1.82. The Morgan fingerprint density at radius 1 is 1.12 bits per heavy atom. The summed E-state index contributed by atoms with van der Waals surface area (Å²) in [5.41, 5.74) is 0.981. The van der Waals surface area contributed by atoms with E-state index in [0.29, 0.717) is 13.1 Å². The Morgan fingerprint density at radius 2 is 1.79 bits per heavy atom. The molecule has 3 unspecified atom stereocenters. The zero-order chi connectivity index (χ0) is 16.8. The number of aliphatic hydroxyl groups is 1. The summed E-state index contributed by atoms with van der Waals surface area (Å²) in [6.07, 6.45) is -0.387. The minimum absolute atomic E-state index is 0.0193. The number of benzene rings is 2. The van der Waals surface area contributed by atoms with E-state index in [9.17, 15) is 9.90 Å². The van der Waals surface area contributed by atoms with Gasteiger partial charge in [-0.3, -0.25) is 4.79 Å². The molecule has 24 heavy (non-hydrogen) atoms. The second-order valence-electron chi connectivity index (χ2n) is 5.95. The molecule has 1 aliphatic rings. The van der Waals surface area contributed by atoms with Crippen molar-refractivity contribution in [2.75, 3.05) is 19.6 Å². The number of aliphatic hydroxyl groups excluding tert-OH is 1. The van der Waals surface area contributed by atoms with Gasteiger partial charge in [-0.1, -0.05) is 48.5 Å². The van der Waals surface area contributed by atoms with Gasteiger partial charge in [-0.15, -0.1) is 11.8 Å². The topological polar surface area (TPSA) is 61.4 Å². The predicted molar refractivity (Wildman–Crippen MR) is 96.9 cm³/mol. The molecule has 1 fully saturated rings. The number of hydrogen-bond acceptors (Lipinski definition) is 4. The molecule has 1 heterocycles. The highest BCUT2D eigenvalue weighted by Crippen LogP contribution is 2.35. The molecule has 1 amide bonds.